The SMILES string of the molecule is O=P([O-])([O-])[O-].[H+].[Hf+4]. The molecule has 0 rings (SSSR count). The van der Waals surface area contributed by atoms with E-state index < -0.39 is 7.82 Å². The van der Waals surface area contributed by atoms with Crippen LogP contribution in [0.2, 0.25) is 0 Å². The smallest absolute Gasteiger partial charge is 0.822 e. The van der Waals surface area contributed by atoms with Gasteiger partial charge in [-0.3, -0.25) is 0 Å². The van der Waals surface area contributed by atoms with Crippen molar-refractivity contribution in [2.75, 3.05) is 0 Å². The Kier molecular flexibility index (Phi) is 5.11. The first kappa shape index (κ1) is 10.1. The fraction of sp³-hybridized carbons (Fsp3) is 0. The molecule has 0 aliphatic rings. The average Bonchev–Trinajstić information content (AvgIpc) is 0.722. The zero-order valence-corrected chi connectivity index (χ0v) is 7.07. The van der Waals surface area contributed by atoms with E-state index in [1.807, 2.05) is 0 Å². The van der Waals surface area contributed by atoms with Gasteiger partial charge in [-0.1, -0.05) is 0 Å². The Bertz CT molecular complexity index is 57.8. The zero-order valence-electron chi connectivity index (χ0n) is 3.58. The quantitative estimate of drug-likeness (QED) is 0.355. The van der Waals surface area contributed by atoms with Crippen molar-refractivity contribution in [3.05, 3.63) is 0 Å². The standard InChI is InChI=1S/Hf.H3O4P/c;1-5(2,3)4/h;(H3,1,2,3,4)/q+4;/p-2. The second-order valence-corrected chi connectivity index (χ2v) is 1.34. The molecule has 0 unspecified atom stereocenters. The molecule has 0 amide bonds. The third kappa shape index (κ3) is 82.1. The summed E-state index contributed by atoms with van der Waals surface area (Å²) in [5.41, 5.74) is 0. The zero-order chi connectivity index (χ0) is 4.50. The molecule has 4 nitrogen and oxygen atoms in total. The molecular formula is HHfO4P+2. The van der Waals surface area contributed by atoms with E-state index in [2.05, 4.69) is 0 Å². The molecule has 6 heavy (non-hydrogen) atoms. The first-order chi connectivity index (χ1) is 2.00. The summed E-state index contributed by atoms with van der Waals surface area (Å²) in [4.78, 5) is 25.6. The van der Waals surface area contributed by atoms with Crippen molar-refractivity contribution in [2.45, 2.75) is 0 Å². The van der Waals surface area contributed by atoms with Gasteiger partial charge >= 0.3 is 27.3 Å². The summed E-state index contributed by atoms with van der Waals surface area (Å²) in [6.45, 7) is 0. The van der Waals surface area contributed by atoms with Crippen LogP contribution in [-0.2, 0) is 30.4 Å². The second kappa shape index (κ2) is 3.04. The van der Waals surface area contributed by atoms with Gasteiger partial charge < -0.3 is 19.2 Å². The van der Waals surface area contributed by atoms with Gasteiger partial charge in [-0.15, -0.1) is 0 Å². The number of hydrogen-bond donors (Lipinski definition) is 0. The van der Waals surface area contributed by atoms with Crippen LogP contribution in [0.25, 0.3) is 0 Å². The molecule has 0 bridgehead atoms. The van der Waals surface area contributed by atoms with Gasteiger partial charge in [0.05, 0.1) is 0 Å². The predicted molar refractivity (Wildman–Crippen MR) is 8.72 cm³/mol. The molecular weight excluding hydrogens is 273 g/mol. The normalized spacial score (nSPS) is 9.83. The molecule has 6 heteroatoms. The molecule has 0 saturated carbocycles. The molecule has 0 aromatic rings. The van der Waals surface area contributed by atoms with Crippen LogP contribution >= 0.6 is 7.82 Å². The molecule has 0 fully saturated rings. The predicted octanol–water partition coefficient (Wildman–Crippen LogP) is -2.71. The minimum atomic E-state index is -5.39. The Morgan fingerprint density at radius 2 is 1.33 bits per heavy atom. The van der Waals surface area contributed by atoms with E-state index in [1.54, 1.807) is 0 Å². The molecule has 0 spiro atoms. The Hall–Kier alpha value is 0.980. The monoisotopic (exact) mass is 276 g/mol. The van der Waals surface area contributed by atoms with Crippen LogP contribution in [0.5, 0.6) is 0 Å². The van der Waals surface area contributed by atoms with Crippen LogP contribution in [0.15, 0.2) is 0 Å². The number of hydrogen-bond acceptors (Lipinski definition) is 4. The fourth-order valence-electron chi connectivity index (χ4n) is 0. The van der Waals surface area contributed by atoms with Crippen molar-refractivity contribution in [2.24, 2.45) is 0 Å². The van der Waals surface area contributed by atoms with Crippen molar-refractivity contribution in [1.82, 2.24) is 0 Å². The van der Waals surface area contributed by atoms with Gasteiger partial charge in [0.2, 0.25) is 0 Å². The summed E-state index contributed by atoms with van der Waals surface area (Å²) in [7, 11) is -5.39. The third-order valence-electron chi connectivity index (χ3n) is 0. The van der Waals surface area contributed by atoms with Gasteiger partial charge in [-0.05, 0) is 0 Å². The van der Waals surface area contributed by atoms with Gasteiger partial charge in [-0.2, -0.15) is 7.82 Å². The van der Waals surface area contributed by atoms with Gasteiger partial charge in [0.1, 0.15) is 0 Å². The summed E-state index contributed by atoms with van der Waals surface area (Å²) < 4.78 is 8.55. The minimum Gasteiger partial charge on any atom is -0.822 e. The van der Waals surface area contributed by atoms with E-state index in [-0.39, 0.29) is 27.3 Å². The second-order valence-electron chi connectivity index (χ2n) is 0.447. The minimum absolute atomic E-state index is 0. The molecule has 0 aliphatic heterocycles. The summed E-state index contributed by atoms with van der Waals surface area (Å²) in [6, 6.07) is 0. The molecule has 0 saturated heterocycles. The van der Waals surface area contributed by atoms with E-state index in [9.17, 15) is 0 Å². The van der Waals surface area contributed by atoms with Crippen LogP contribution in [0, 0.1) is 0 Å². The first-order valence-electron chi connectivity index (χ1n) is 0.730. The topological polar surface area (TPSA) is 86.2 Å². The van der Waals surface area contributed by atoms with Crippen molar-refractivity contribution in [1.29, 1.82) is 0 Å². The van der Waals surface area contributed by atoms with E-state index in [1.165, 1.54) is 0 Å². The van der Waals surface area contributed by atoms with Crippen molar-refractivity contribution in [3.63, 3.8) is 0 Å². The third-order valence-corrected chi connectivity index (χ3v) is 0. The van der Waals surface area contributed by atoms with Gasteiger partial charge in [0.15, 0.2) is 0 Å². The molecule has 0 atom stereocenters. The Labute approximate surface area is 54.7 Å². The van der Waals surface area contributed by atoms with Gasteiger partial charge in [-0.25, -0.2) is 0 Å². The molecule has 0 aromatic carbocycles. The Balaban J connectivity index is -0.0000000800. The summed E-state index contributed by atoms with van der Waals surface area (Å²) >= 11 is 0. The number of phosphoric acid groups is 1. The summed E-state index contributed by atoms with van der Waals surface area (Å²) in [5.74, 6) is 0. The van der Waals surface area contributed by atoms with Gasteiger partial charge in [0, 0.05) is 0 Å². The molecule has 0 aliphatic carbocycles. The maximum Gasteiger partial charge on any atom is 4.00 e. The summed E-state index contributed by atoms with van der Waals surface area (Å²) in [6.07, 6.45) is 0. The van der Waals surface area contributed by atoms with Crippen LogP contribution in [0.3, 0.4) is 0 Å². The van der Waals surface area contributed by atoms with Crippen molar-refractivity contribution in [3.8, 4) is 0 Å². The molecule has 0 radical (unpaired) electrons. The van der Waals surface area contributed by atoms with Crippen LogP contribution in [-0.4, -0.2) is 0 Å². The van der Waals surface area contributed by atoms with Crippen LogP contribution in [0.4, 0.5) is 0 Å². The number of rotatable bonds is 0. The Morgan fingerprint density at radius 3 is 1.33 bits per heavy atom. The largest absolute Gasteiger partial charge is 4.00 e. The fourth-order valence-corrected chi connectivity index (χ4v) is 0. The maximum absolute atomic E-state index is 8.55. The first-order valence-corrected chi connectivity index (χ1v) is 2.19. The van der Waals surface area contributed by atoms with E-state index in [0.717, 1.165) is 0 Å². The van der Waals surface area contributed by atoms with Gasteiger partial charge in [0.25, 0.3) is 0 Å². The van der Waals surface area contributed by atoms with E-state index in [4.69, 9.17) is 19.2 Å². The molecule has 0 N–H and O–H groups in total. The molecule has 0 aromatic heterocycles. The average molecular weight is 274 g/mol. The van der Waals surface area contributed by atoms with Crippen LogP contribution < -0.4 is 14.7 Å². The maximum atomic E-state index is 8.55. The van der Waals surface area contributed by atoms with Crippen molar-refractivity contribution >= 4 is 7.82 Å². The molecule has 32 valence electrons. The van der Waals surface area contributed by atoms with Crippen molar-refractivity contribution < 1.29 is 46.5 Å². The molecule has 0 heterocycles. The van der Waals surface area contributed by atoms with Crippen LogP contribution in [0.1, 0.15) is 1.43 Å². The summed E-state index contributed by atoms with van der Waals surface area (Å²) in [5, 5.41) is 0. The Morgan fingerprint density at radius 1 is 1.33 bits per heavy atom. The van der Waals surface area contributed by atoms with E-state index in [0.29, 0.717) is 0 Å². The van der Waals surface area contributed by atoms with E-state index >= 15 is 0 Å².